The molecule has 20 heavy (non-hydrogen) atoms. The van der Waals surface area contributed by atoms with E-state index in [1.54, 1.807) is 6.92 Å². The molecule has 0 heterocycles. The first kappa shape index (κ1) is 19.2. The standard InChI is InChI=1S/C14H26N2O3S/c1-4-6-8-14(3,18)10-19-11(5-2)13(17)16-12(20)7-9-15/h11-12,18,20H,4-8,10H2,1-3H3,(H,16,17)/t11-,12?,14?/m0/s1. The largest absolute Gasteiger partial charge is 0.388 e. The lowest BCUT2D eigenvalue weighted by Crippen LogP contribution is -2.42. The molecule has 3 atom stereocenters. The van der Waals surface area contributed by atoms with Gasteiger partial charge in [-0.05, 0) is 19.8 Å². The Morgan fingerprint density at radius 1 is 1.55 bits per heavy atom. The number of ether oxygens (including phenoxy) is 1. The van der Waals surface area contributed by atoms with Gasteiger partial charge in [0.05, 0.1) is 30.1 Å². The second-order valence-electron chi connectivity index (χ2n) is 5.20. The molecular weight excluding hydrogens is 276 g/mol. The Bertz CT molecular complexity index is 329. The van der Waals surface area contributed by atoms with Crippen molar-refractivity contribution >= 4 is 18.5 Å². The quantitative estimate of drug-likeness (QED) is 0.426. The number of unbranched alkanes of at least 4 members (excludes halogenated alkanes) is 1. The van der Waals surface area contributed by atoms with E-state index < -0.39 is 17.1 Å². The highest BCUT2D eigenvalue weighted by Crippen LogP contribution is 2.15. The molecule has 2 unspecified atom stereocenters. The fourth-order valence-corrected chi connectivity index (χ4v) is 1.89. The number of aliphatic hydroxyl groups is 1. The molecule has 0 aliphatic rings. The van der Waals surface area contributed by atoms with Crippen molar-refractivity contribution in [2.75, 3.05) is 6.61 Å². The Hall–Kier alpha value is -0.770. The zero-order valence-corrected chi connectivity index (χ0v) is 13.4. The molecule has 2 N–H and O–H groups in total. The van der Waals surface area contributed by atoms with Crippen LogP contribution in [0.2, 0.25) is 0 Å². The van der Waals surface area contributed by atoms with Crippen molar-refractivity contribution in [2.45, 2.75) is 70.0 Å². The molecule has 116 valence electrons. The van der Waals surface area contributed by atoms with Gasteiger partial charge in [0.2, 0.25) is 5.91 Å². The first-order chi connectivity index (χ1) is 9.36. The van der Waals surface area contributed by atoms with Gasteiger partial charge in [-0.25, -0.2) is 0 Å². The van der Waals surface area contributed by atoms with E-state index in [2.05, 4.69) is 24.9 Å². The maximum absolute atomic E-state index is 11.9. The Morgan fingerprint density at radius 2 is 2.20 bits per heavy atom. The van der Waals surface area contributed by atoms with Crippen molar-refractivity contribution in [1.82, 2.24) is 5.32 Å². The second-order valence-corrected chi connectivity index (χ2v) is 5.82. The van der Waals surface area contributed by atoms with Crippen LogP contribution in [0.3, 0.4) is 0 Å². The number of carbonyl (C=O) groups excluding carboxylic acids is 1. The Balaban J connectivity index is 4.27. The minimum Gasteiger partial charge on any atom is -0.388 e. The van der Waals surface area contributed by atoms with Crippen LogP contribution in [-0.4, -0.2) is 34.7 Å². The summed E-state index contributed by atoms with van der Waals surface area (Å²) in [6.07, 6.45) is 2.58. The van der Waals surface area contributed by atoms with Crippen LogP contribution in [0, 0.1) is 11.3 Å². The van der Waals surface area contributed by atoms with Gasteiger partial charge in [0.25, 0.3) is 0 Å². The van der Waals surface area contributed by atoms with Crippen LogP contribution >= 0.6 is 12.6 Å². The van der Waals surface area contributed by atoms with E-state index in [1.165, 1.54) is 0 Å². The Morgan fingerprint density at radius 3 is 2.70 bits per heavy atom. The number of hydrogen-bond donors (Lipinski definition) is 3. The van der Waals surface area contributed by atoms with E-state index in [1.807, 2.05) is 13.0 Å². The van der Waals surface area contributed by atoms with Gasteiger partial charge >= 0.3 is 0 Å². The van der Waals surface area contributed by atoms with Crippen molar-refractivity contribution < 1.29 is 14.6 Å². The number of nitrogens with zero attached hydrogens (tertiary/aromatic N) is 1. The number of nitriles is 1. The van der Waals surface area contributed by atoms with Gasteiger partial charge in [-0.2, -0.15) is 17.9 Å². The zero-order valence-electron chi connectivity index (χ0n) is 12.6. The van der Waals surface area contributed by atoms with Gasteiger partial charge in [0.1, 0.15) is 6.10 Å². The summed E-state index contributed by atoms with van der Waals surface area (Å²) in [6, 6.07) is 1.94. The van der Waals surface area contributed by atoms with Gasteiger partial charge < -0.3 is 15.2 Å². The molecule has 1 amide bonds. The summed E-state index contributed by atoms with van der Waals surface area (Å²) in [6.45, 7) is 5.73. The lowest BCUT2D eigenvalue weighted by atomic mass is 10.0. The van der Waals surface area contributed by atoms with E-state index >= 15 is 0 Å². The predicted molar refractivity (Wildman–Crippen MR) is 81.3 cm³/mol. The van der Waals surface area contributed by atoms with Gasteiger partial charge in [0.15, 0.2) is 0 Å². The van der Waals surface area contributed by atoms with Crippen molar-refractivity contribution in [2.24, 2.45) is 0 Å². The molecule has 0 spiro atoms. The first-order valence-corrected chi connectivity index (χ1v) is 7.57. The van der Waals surface area contributed by atoms with Crippen molar-refractivity contribution in [3.63, 3.8) is 0 Å². The molecule has 0 radical (unpaired) electrons. The summed E-state index contributed by atoms with van der Waals surface area (Å²) >= 11 is 4.09. The molecule has 0 aliphatic heterocycles. The molecule has 0 aromatic rings. The van der Waals surface area contributed by atoms with E-state index in [4.69, 9.17) is 10.00 Å². The number of rotatable bonds is 10. The van der Waals surface area contributed by atoms with Crippen molar-refractivity contribution in [3.05, 3.63) is 0 Å². The molecule has 0 rings (SSSR count). The minimum atomic E-state index is -0.920. The van der Waals surface area contributed by atoms with E-state index in [9.17, 15) is 9.90 Å². The third-order valence-corrected chi connectivity index (χ3v) is 3.23. The highest BCUT2D eigenvalue weighted by atomic mass is 32.1. The topological polar surface area (TPSA) is 82.3 Å². The second kappa shape index (κ2) is 10.0. The smallest absolute Gasteiger partial charge is 0.250 e. The number of carbonyl (C=O) groups is 1. The van der Waals surface area contributed by atoms with E-state index in [-0.39, 0.29) is 18.9 Å². The third kappa shape index (κ3) is 8.41. The predicted octanol–water partition coefficient (Wildman–Crippen LogP) is 2.01. The normalized spacial score (nSPS) is 16.8. The highest BCUT2D eigenvalue weighted by molar-refractivity contribution is 7.80. The zero-order chi connectivity index (χ0) is 15.6. The van der Waals surface area contributed by atoms with Gasteiger partial charge in [-0.1, -0.05) is 26.7 Å². The molecule has 5 nitrogen and oxygen atoms in total. The Labute approximate surface area is 127 Å². The lowest BCUT2D eigenvalue weighted by molar-refractivity contribution is -0.138. The monoisotopic (exact) mass is 302 g/mol. The maximum Gasteiger partial charge on any atom is 0.250 e. The SMILES string of the molecule is CCCCC(C)(O)CO[C@@H](CC)C(=O)NC(S)CC#N. The average molecular weight is 302 g/mol. The summed E-state index contributed by atoms with van der Waals surface area (Å²) in [4.78, 5) is 11.9. The van der Waals surface area contributed by atoms with Gasteiger partial charge in [0, 0.05) is 0 Å². The number of nitrogens with one attached hydrogen (secondary N) is 1. The molecule has 0 fully saturated rings. The van der Waals surface area contributed by atoms with Crippen LogP contribution in [0.25, 0.3) is 0 Å². The van der Waals surface area contributed by atoms with Crippen LogP contribution in [-0.2, 0) is 9.53 Å². The molecule has 0 aromatic carbocycles. The minimum absolute atomic E-state index is 0.119. The Kier molecular flexibility index (Phi) is 9.64. The molecule has 0 saturated heterocycles. The summed E-state index contributed by atoms with van der Waals surface area (Å²) in [5.74, 6) is -0.297. The molecular formula is C14H26N2O3S. The lowest BCUT2D eigenvalue weighted by Gasteiger charge is -2.26. The first-order valence-electron chi connectivity index (χ1n) is 7.05. The molecule has 0 saturated carbocycles. The maximum atomic E-state index is 11.9. The molecule has 0 aliphatic carbocycles. The average Bonchev–Trinajstić information content (AvgIpc) is 2.37. The van der Waals surface area contributed by atoms with Gasteiger partial charge in [-0.15, -0.1) is 0 Å². The summed E-state index contributed by atoms with van der Waals surface area (Å²) in [7, 11) is 0. The van der Waals surface area contributed by atoms with Crippen LogP contribution in [0.15, 0.2) is 0 Å². The number of thiol groups is 1. The van der Waals surface area contributed by atoms with Crippen LogP contribution in [0.4, 0.5) is 0 Å². The fourth-order valence-electron chi connectivity index (χ4n) is 1.68. The molecule has 0 aromatic heterocycles. The highest BCUT2D eigenvalue weighted by Gasteiger charge is 2.25. The summed E-state index contributed by atoms with van der Waals surface area (Å²) in [5, 5.41) is 20.8. The van der Waals surface area contributed by atoms with Crippen LogP contribution in [0.5, 0.6) is 0 Å². The summed E-state index contributed by atoms with van der Waals surface area (Å²) in [5.41, 5.74) is -0.920. The van der Waals surface area contributed by atoms with E-state index in [0.717, 1.165) is 12.8 Å². The van der Waals surface area contributed by atoms with Crippen molar-refractivity contribution in [1.29, 1.82) is 5.26 Å². The third-order valence-electron chi connectivity index (χ3n) is 2.92. The fraction of sp³-hybridized carbons (Fsp3) is 0.857. The van der Waals surface area contributed by atoms with E-state index in [0.29, 0.717) is 12.8 Å². The number of amides is 1. The van der Waals surface area contributed by atoms with Crippen molar-refractivity contribution in [3.8, 4) is 6.07 Å². The molecule has 6 heteroatoms. The molecule has 0 bridgehead atoms. The van der Waals surface area contributed by atoms with Crippen LogP contribution in [0.1, 0.15) is 52.9 Å². The van der Waals surface area contributed by atoms with Gasteiger partial charge in [-0.3, -0.25) is 4.79 Å². The van der Waals surface area contributed by atoms with Crippen LogP contribution < -0.4 is 5.32 Å². The summed E-state index contributed by atoms with van der Waals surface area (Å²) < 4.78 is 5.52. The number of hydrogen-bond acceptors (Lipinski definition) is 5.